The molecule has 0 atom stereocenters. The van der Waals surface area contributed by atoms with Gasteiger partial charge >= 0.3 is 0 Å². The van der Waals surface area contributed by atoms with Crippen LogP contribution in [0.25, 0.3) is 10.1 Å². The lowest BCUT2D eigenvalue weighted by Crippen LogP contribution is -2.39. The molecule has 1 heterocycles. The first-order valence-corrected chi connectivity index (χ1v) is 8.00. The fourth-order valence-electron chi connectivity index (χ4n) is 1.74. The largest absolute Gasteiger partial charge is 0.362 e. The minimum absolute atomic E-state index is 0.259. The van der Waals surface area contributed by atoms with Crippen LogP contribution >= 0.6 is 35.2 Å². The van der Waals surface area contributed by atoms with Gasteiger partial charge < -0.3 is 5.32 Å². The van der Waals surface area contributed by atoms with E-state index in [0.717, 1.165) is 29.5 Å². The molecular weight excluding hydrogens is 312 g/mol. The average Bonchev–Trinajstić information content (AvgIpc) is 2.77. The summed E-state index contributed by atoms with van der Waals surface area (Å²) in [7, 11) is 0. The predicted molar refractivity (Wildman–Crippen MR) is 89.8 cm³/mol. The molecule has 6 heteroatoms. The number of fused-ring (bicyclic) bond motifs is 1. The Morgan fingerprint density at radius 2 is 2.15 bits per heavy atom. The molecule has 1 aromatic heterocycles. The Morgan fingerprint density at radius 1 is 1.40 bits per heavy atom. The number of rotatable bonds is 4. The van der Waals surface area contributed by atoms with E-state index in [9.17, 15) is 4.79 Å². The lowest BCUT2D eigenvalue weighted by molar-refractivity contribution is 0.0981. The number of carbonyl (C=O) groups is 1. The van der Waals surface area contributed by atoms with Crippen LogP contribution in [0.5, 0.6) is 0 Å². The van der Waals surface area contributed by atoms with Crippen LogP contribution in [0.15, 0.2) is 24.3 Å². The van der Waals surface area contributed by atoms with E-state index < -0.39 is 0 Å². The minimum atomic E-state index is -0.259. The smallest absolute Gasteiger partial charge is 0.269 e. The fraction of sp³-hybridized carbons (Fsp3) is 0.286. The van der Waals surface area contributed by atoms with E-state index in [1.165, 1.54) is 11.3 Å². The minimum Gasteiger partial charge on any atom is -0.362 e. The second kappa shape index (κ2) is 7.02. The van der Waals surface area contributed by atoms with Gasteiger partial charge in [0.05, 0.1) is 5.02 Å². The third-order valence-corrected chi connectivity index (χ3v) is 4.70. The molecule has 0 aliphatic rings. The van der Waals surface area contributed by atoms with Crippen molar-refractivity contribution in [2.45, 2.75) is 19.8 Å². The lowest BCUT2D eigenvalue weighted by Gasteiger charge is -2.08. The third-order valence-electron chi connectivity index (χ3n) is 2.78. The SMILES string of the molecule is CCCCNC(=S)NC(=O)c1sc2ccccc2c1Cl. The lowest BCUT2D eigenvalue weighted by atomic mass is 10.2. The number of amides is 1. The molecule has 1 amide bonds. The van der Waals surface area contributed by atoms with Crippen LogP contribution in [0, 0.1) is 0 Å². The molecule has 0 fully saturated rings. The van der Waals surface area contributed by atoms with E-state index >= 15 is 0 Å². The molecule has 2 N–H and O–H groups in total. The summed E-state index contributed by atoms with van der Waals surface area (Å²) in [4.78, 5) is 12.7. The van der Waals surface area contributed by atoms with Gasteiger partial charge in [-0.15, -0.1) is 11.3 Å². The Hall–Kier alpha value is -1.17. The van der Waals surface area contributed by atoms with Gasteiger partial charge in [-0.3, -0.25) is 10.1 Å². The number of thiocarbonyl (C=S) groups is 1. The molecule has 2 rings (SSSR count). The molecule has 106 valence electrons. The summed E-state index contributed by atoms with van der Waals surface area (Å²) >= 11 is 12.7. The molecule has 0 saturated carbocycles. The van der Waals surface area contributed by atoms with Crippen molar-refractivity contribution in [3.63, 3.8) is 0 Å². The number of halogens is 1. The van der Waals surface area contributed by atoms with Gasteiger partial charge in [0, 0.05) is 16.6 Å². The second-order valence-corrected chi connectivity index (χ2v) is 6.14. The van der Waals surface area contributed by atoms with Crippen LogP contribution in [-0.2, 0) is 0 Å². The van der Waals surface area contributed by atoms with Gasteiger partial charge in [-0.2, -0.15) is 0 Å². The van der Waals surface area contributed by atoms with Crippen molar-refractivity contribution in [1.29, 1.82) is 0 Å². The van der Waals surface area contributed by atoms with Crippen molar-refractivity contribution in [3.8, 4) is 0 Å². The molecule has 0 unspecified atom stereocenters. The highest BCUT2D eigenvalue weighted by Gasteiger charge is 2.17. The normalized spacial score (nSPS) is 10.5. The summed E-state index contributed by atoms with van der Waals surface area (Å²) in [5.41, 5.74) is 0. The number of hydrogen-bond acceptors (Lipinski definition) is 3. The molecule has 2 aromatic rings. The van der Waals surface area contributed by atoms with Crippen LogP contribution in [0.1, 0.15) is 29.4 Å². The van der Waals surface area contributed by atoms with Gasteiger partial charge in [-0.05, 0) is 24.7 Å². The monoisotopic (exact) mass is 326 g/mol. The number of thiophene rings is 1. The number of hydrogen-bond donors (Lipinski definition) is 2. The molecule has 3 nitrogen and oxygen atoms in total. The van der Waals surface area contributed by atoms with Crippen LogP contribution in [0.2, 0.25) is 5.02 Å². The van der Waals surface area contributed by atoms with Crippen LogP contribution in [0.4, 0.5) is 0 Å². The summed E-state index contributed by atoms with van der Waals surface area (Å²) in [6, 6.07) is 7.68. The van der Waals surface area contributed by atoms with Crippen molar-refractivity contribution in [2.75, 3.05) is 6.54 Å². The molecule has 20 heavy (non-hydrogen) atoms. The van der Waals surface area contributed by atoms with Gasteiger partial charge in [-0.25, -0.2) is 0 Å². The van der Waals surface area contributed by atoms with Crippen LogP contribution in [-0.4, -0.2) is 17.6 Å². The van der Waals surface area contributed by atoms with Crippen LogP contribution < -0.4 is 10.6 Å². The zero-order valence-electron chi connectivity index (χ0n) is 11.0. The number of nitrogens with one attached hydrogen (secondary N) is 2. The first-order chi connectivity index (χ1) is 9.63. The Bertz CT molecular complexity index is 639. The Kier molecular flexibility index (Phi) is 5.34. The molecule has 1 aromatic carbocycles. The third kappa shape index (κ3) is 3.48. The Labute approximate surface area is 132 Å². The van der Waals surface area contributed by atoms with Crippen molar-refractivity contribution in [1.82, 2.24) is 10.6 Å². The highest BCUT2D eigenvalue weighted by atomic mass is 35.5. The molecule has 0 spiro atoms. The summed E-state index contributed by atoms with van der Waals surface area (Å²) < 4.78 is 0.993. The van der Waals surface area contributed by atoms with E-state index in [4.69, 9.17) is 23.8 Å². The maximum absolute atomic E-state index is 12.2. The van der Waals surface area contributed by atoms with Crippen molar-refractivity contribution in [3.05, 3.63) is 34.2 Å². The topological polar surface area (TPSA) is 41.1 Å². The van der Waals surface area contributed by atoms with E-state index in [1.54, 1.807) is 0 Å². The Balaban J connectivity index is 2.08. The van der Waals surface area contributed by atoms with Crippen molar-refractivity contribution < 1.29 is 4.79 Å². The number of carbonyl (C=O) groups excluding carboxylic acids is 1. The van der Waals surface area contributed by atoms with E-state index in [2.05, 4.69) is 17.6 Å². The van der Waals surface area contributed by atoms with E-state index in [-0.39, 0.29) is 5.91 Å². The van der Waals surface area contributed by atoms with E-state index in [0.29, 0.717) is 15.0 Å². The Morgan fingerprint density at radius 3 is 2.85 bits per heavy atom. The number of benzene rings is 1. The highest BCUT2D eigenvalue weighted by Crippen LogP contribution is 2.34. The van der Waals surface area contributed by atoms with Crippen LogP contribution in [0.3, 0.4) is 0 Å². The van der Waals surface area contributed by atoms with E-state index in [1.807, 2.05) is 24.3 Å². The summed E-state index contributed by atoms with van der Waals surface area (Å²) in [6.07, 6.45) is 2.09. The van der Waals surface area contributed by atoms with Gasteiger partial charge in [0.1, 0.15) is 4.88 Å². The van der Waals surface area contributed by atoms with Crippen molar-refractivity contribution >= 4 is 56.3 Å². The molecule has 0 bridgehead atoms. The second-order valence-electron chi connectivity index (χ2n) is 4.30. The predicted octanol–water partition coefficient (Wildman–Crippen LogP) is 3.96. The summed E-state index contributed by atoms with van der Waals surface area (Å²) in [6.45, 7) is 2.86. The first-order valence-electron chi connectivity index (χ1n) is 6.39. The van der Waals surface area contributed by atoms with Gasteiger partial charge in [0.15, 0.2) is 5.11 Å². The maximum atomic E-state index is 12.2. The highest BCUT2D eigenvalue weighted by molar-refractivity contribution is 7.80. The molecule has 0 aliphatic carbocycles. The molecular formula is C14H15ClN2OS2. The van der Waals surface area contributed by atoms with Crippen molar-refractivity contribution in [2.24, 2.45) is 0 Å². The zero-order valence-corrected chi connectivity index (χ0v) is 13.4. The van der Waals surface area contributed by atoms with Gasteiger partial charge in [0.25, 0.3) is 5.91 Å². The number of unbranched alkanes of at least 4 members (excludes halogenated alkanes) is 1. The van der Waals surface area contributed by atoms with Gasteiger partial charge in [0.2, 0.25) is 0 Å². The molecule has 0 saturated heterocycles. The first kappa shape index (κ1) is 15.2. The maximum Gasteiger partial charge on any atom is 0.269 e. The quantitative estimate of drug-likeness (QED) is 0.660. The molecule has 0 aliphatic heterocycles. The fourth-order valence-corrected chi connectivity index (χ4v) is 3.35. The standard InChI is InChI=1S/C14H15ClN2OS2/c1-2-3-8-16-14(19)17-13(18)12-11(15)9-6-4-5-7-10(9)20-12/h4-7H,2-3,8H2,1H3,(H2,16,17,18,19). The van der Waals surface area contributed by atoms with Gasteiger partial charge in [-0.1, -0.05) is 43.1 Å². The average molecular weight is 327 g/mol. The summed E-state index contributed by atoms with van der Waals surface area (Å²) in [5, 5.41) is 7.39. The zero-order chi connectivity index (χ0) is 14.5. The summed E-state index contributed by atoms with van der Waals surface area (Å²) in [5.74, 6) is -0.259. The molecule has 0 radical (unpaired) electrons.